The van der Waals surface area contributed by atoms with E-state index in [9.17, 15) is 4.79 Å². The van der Waals surface area contributed by atoms with Crippen molar-refractivity contribution < 1.29 is 0 Å². The van der Waals surface area contributed by atoms with Crippen LogP contribution in [0.1, 0.15) is 12.5 Å². The Morgan fingerprint density at radius 3 is 2.88 bits per heavy atom. The molecule has 0 spiro atoms. The number of nitrogens with one attached hydrogen (secondary N) is 3. The Labute approximate surface area is 158 Å². The highest BCUT2D eigenvalue weighted by Gasteiger charge is 2.15. The molecule has 0 radical (unpaired) electrons. The average molecular weight is 384 g/mol. The van der Waals surface area contributed by atoms with Crippen molar-refractivity contribution in [2.75, 3.05) is 10.7 Å². The highest BCUT2D eigenvalue weighted by atomic mass is 35.5. The number of fused-ring (bicyclic) bond motifs is 2. The largest absolute Gasteiger partial charge is 0.354 e. The van der Waals surface area contributed by atoms with E-state index in [2.05, 4.69) is 50.3 Å². The number of hydrogen-bond acceptors (Lipinski definition) is 6. The Hall–Kier alpha value is -2.77. The van der Waals surface area contributed by atoms with E-state index in [1.54, 1.807) is 11.8 Å². The van der Waals surface area contributed by atoms with Crippen molar-refractivity contribution in [3.8, 4) is 0 Å². The van der Waals surface area contributed by atoms with E-state index in [-0.39, 0.29) is 5.02 Å². The quantitative estimate of drug-likeness (QED) is 0.359. The second-order valence-electron chi connectivity index (χ2n) is 5.67. The number of anilines is 3. The van der Waals surface area contributed by atoms with Gasteiger partial charge in [-0.15, -0.1) is 0 Å². The van der Waals surface area contributed by atoms with Gasteiger partial charge in [0, 0.05) is 9.79 Å². The van der Waals surface area contributed by atoms with Gasteiger partial charge in [-0.25, -0.2) is 5.10 Å². The number of benzene rings is 2. The lowest BCUT2D eigenvalue weighted by molar-refractivity contribution is 0.986. The summed E-state index contributed by atoms with van der Waals surface area (Å²) in [6.45, 7) is 1.88. The fourth-order valence-corrected chi connectivity index (χ4v) is 3.64. The molecule has 1 aromatic heterocycles. The summed E-state index contributed by atoms with van der Waals surface area (Å²) in [5.74, 6) is 0. The molecule has 0 aliphatic carbocycles. The highest BCUT2D eigenvalue weighted by molar-refractivity contribution is 7.99. The highest BCUT2D eigenvalue weighted by Crippen LogP contribution is 2.44. The Balaban J connectivity index is 1.59. The zero-order valence-corrected chi connectivity index (χ0v) is 15.3. The molecule has 0 saturated heterocycles. The fraction of sp³-hybridized carbons (Fsp3) is 0.0556. The van der Waals surface area contributed by atoms with E-state index in [0.717, 1.165) is 27.5 Å². The van der Waals surface area contributed by atoms with E-state index in [1.807, 2.05) is 25.1 Å². The monoisotopic (exact) mass is 383 g/mol. The first-order valence-electron chi connectivity index (χ1n) is 7.83. The Morgan fingerprint density at radius 1 is 1.19 bits per heavy atom. The third-order valence-corrected chi connectivity index (χ3v) is 5.44. The molecule has 3 N–H and O–H groups in total. The van der Waals surface area contributed by atoms with Gasteiger partial charge in [0.2, 0.25) is 0 Å². The van der Waals surface area contributed by atoms with Crippen LogP contribution in [0.15, 0.2) is 68.3 Å². The molecule has 130 valence electrons. The standard InChI is InChI=1S/C18H14ClN5OS/c1-10(22-23-14-9-20-24-18(25)17(14)19)11-6-7-16-13(8-11)21-12-4-2-3-5-15(12)26-16/h2-9,21H,1H3,(H2,23,24,25)/b22-10-. The molecule has 4 rings (SSSR count). The van der Waals surface area contributed by atoms with Crippen LogP contribution in [0, 0.1) is 0 Å². The van der Waals surface area contributed by atoms with Crippen LogP contribution in [0.25, 0.3) is 0 Å². The summed E-state index contributed by atoms with van der Waals surface area (Å²) in [4.78, 5) is 13.8. The maximum atomic E-state index is 11.5. The predicted molar refractivity (Wildman–Crippen MR) is 106 cm³/mol. The van der Waals surface area contributed by atoms with Crippen LogP contribution < -0.4 is 16.3 Å². The SMILES string of the molecule is C/C(=N/Nc1cn[nH]c(=O)c1Cl)c1ccc2c(c1)Nc1ccccc1S2. The van der Waals surface area contributed by atoms with Crippen molar-refractivity contribution in [2.24, 2.45) is 5.10 Å². The molecule has 8 heteroatoms. The molecule has 1 aliphatic heterocycles. The van der Waals surface area contributed by atoms with Gasteiger partial charge < -0.3 is 5.32 Å². The smallest absolute Gasteiger partial charge is 0.285 e. The number of halogens is 1. The molecule has 0 fully saturated rings. The van der Waals surface area contributed by atoms with Crippen molar-refractivity contribution in [2.45, 2.75) is 16.7 Å². The zero-order chi connectivity index (χ0) is 18.1. The molecule has 1 aliphatic rings. The maximum absolute atomic E-state index is 11.5. The molecule has 0 amide bonds. The van der Waals surface area contributed by atoms with Gasteiger partial charge in [0.05, 0.1) is 23.3 Å². The summed E-state index contributed by atoms with van der Waals surface area (Å²) in [7, 11) is 0. The van der Waals surface area contributed by atoms with Gasteiger partial charge in [0.25, 0.3) is 5.56 Å². The van der Waals surface area contributed by atoms with Gasteiger partial charge in [0.15, 0.2) is 0 Å². The molecule has 26 heavy (non-hydrogen) atoms. The first-order chi connectivity index (χ1) is 12.6. The summed E-state index contributed by atoms with van der Waals surface area (Å²) < 4.78 is 0. The van der Waals surface area contributed by atoms with Gasteiger partial charge >= 0.3 is 0 Å². The van der Waals surface area contributed by atoms with Crippen LogP contribution in [0.2, 0.25) is 5.02 Å². The van der Waals surface area contributed by atoms with E-state index in [0.29, 0.717) is 5.69 Å². The molecular weight excluding hydrogens is 370 g/mol. The minimum atomic E-state index is -0.460. The lowest BCUT2D eigenvalue weighted by Crippen LogP contribution is -2.11. The number of rotatable bonds is 3. The van der Waals surface area contributed by atoms with Gasteiger partial charge in [-0.2, -0.15) is 10.2 Å². The van der Waals surface area contributed by atoms with Gasteiger partial charge in [-0.3, -0.25) is 10.2 Å². The van der Waals surface area contributed by atoms with Crippen LogP contribution in [0.4, 0.5) is 17.1 Å². The zero-order valence-electron chi connectivity index (χ0n) is 13.7. The van der Waals surface area contributed by atoms with E-state index in [4.69, 9.17) is 11.6 Å². The molecule has 0 saturated carbocycles. The lowest BCUT2D eigenvalue weighted by atomic mass is 10.1. The van der Waals surface area contributed by atoms with Gasteiger partial charge in [0.1, 0.15) is 10.7 Å². The Morgan fingerprint density at radius 2 is 2.00 bits per heavy atom. The van der Waals surface area contributed by atoms with Crippen molar-refractivity contribution in [1.29, 1.82) is 0 Å². The van der Waals surface area contributed by atoms with Gasteiger partial charge in [-0.1, -0.05) is 41.6 Å². The van der Waals surface area contributed by atoms with Crippen LogP contribution in [-0.4, -0.2) is 15.9 Å². The molecule has 0 atom stereocenters. The minimum absolute atomic E-state index is 0.0247. The summed E-state index contributed by atoms with van der Waals surface area (Å²) in [5, 5.41) is 13.8. The molecule has 2 heterocycles. The van der Waals surface area contributed by atoms with Crippen LogP contribution >= 0.6 is 23.4 Å². The molecule has 6 nitrogen and oxygen atoms in total. The van der Waals surface area contributed by atoms with Gasteiger partial charge in [-0.05, 0) is 36.8 Å². The Kier molecular flexibility index (Phi) is 4.40. The van der Waals surface area contributed by atoms with Crippen LogP contribution in [-0.2, 0) is 0 Å². The molecule has 0 unspecified atom stereocenters. The molecule has 2 aromatic carbocycles. The van der Waals surface area contributed by atoms with E-state index >= 15 is 0 Å². The number of hydrogen-bond donors (Lipinski definition) is 3. The third kappa shape index (κ3) is 3.18. The summed E-state index contributed by atoms with van der Waals surface area (Å²) >= 11 is 7.67. The number of aromatic nitrogens is 2. The minimum Gasteiger partial charge on any atom is -0.354 e. The lowest BCUT2D eigenvalue weighted by Gasteiger charge is -2.21. The molecule has 0 bridgehead atoms. The third-order valence-electron chi connectivity index (χ3n) is 3.91. The topological polar surface area (TPSA) is 82.2 Å². The first kappa shape index (κ1) is 16.7. The molecule has 3 aromatic rings. The van der Waals surface area contributed by atoms with E-state index in [1.165, 1.54) is 11.1 Å². The van der Waals surface area contributed by atoms with E-state index < -0.39 is 5.56 Å². The second kappa shape index (κ2) is 6.86. The van der Waals surface area contributed by atoms with Crippen molar-refractivity contribution >= 4 is 46.1 Å². The maximum Gasteiger partial charge on any atom is 0.285 e. The summed E-state index contributed by atoms with van der Waals surface area (Å²) in [5.41, 5.74) is 6.54. The van der Waals surface area contributed by atoms with Crippen LogP contribution in [0.3, 0.4) is 0 Å². The number of nitrogens with zero attached hydrogens (tertiary/aromatic N) is 2. The second-order valence-corrected chi connectivity index (χ2v) is 7.13. The summed E-state index contributed by atoms with van der Waals surface area (Å²) in [6.07, 6.45) is 1.42. The first-order valence-corrected chi connectivity index (χ1v) is 9.03. The van der Waals surface area contributed by atoms with Crippen molar-refractivity contribution in [3.05, 3.63) is 69.6 Å². The molecular formula is C18H14ClN5OS. The Bertz CT molecular complexity index is 1080. The van der Waals surface area contributed by atoms with Crippen LogP contribution in [0.5, 0.6) is 0 Å². The number of para-hydroxylation sites is 1. The number of H-pyrrole nitrogens is 1. The number of aromatic amines is 1. The van der Waals surface area contributed by atoms with Crippen molar-refractivity contribution in [1.82, 2.24) is 10.2 Å². The van der Waals surface area contributed by atoms with Crippen molar-refractivity contribution in [3.63, 3.8) is 0 Å². The normalized spacial score (nSPS) is 12.8. The number of hydrazone groups is 1. The fourth-order valence-electron chi connectivity index (χ4n) is 2.53. The summed E-state index contributed by atoms with van der Waals surface area (Å²) in [6, 6.07) is 14.3. The average Bonchev–Trinajstić information content (AvgIpc) is 2.66. The predicted octanol–water partition coefficient (Wildman–Crippen LogP) is 4.47.